The molecule has 108 valence electrons. The van der Waals surface area contributed by atoms with Crippen LogP contribution >= 0.6 is 0 Å². The molecule has 0 saturated heterocycles. The maximum Gasteiger partial charge on any atom is 0.218 e. The standard InChI is InChI=1S/C15H22N4O/c1-12(2)9-16-10-14-17-7-8-19(14)11-13-5-4-6-18-15(13)20-3/h4-8,12,16H,9-11H2,1-3H3. The lowest BCUT2D eigenvalue weighted by atomic mass is 10.2. The quantitative estimate of drug-likeness (QED) is 0.840. The average Bonchev–Trinajstić information content (AvgIpc) is 2.86. The minimum absolute atomic E-state index is 0.636. The molecule has 0 saturated carbocycles. The number of hydrogen-bond acceptors (Lipinski definition) is 4. The van der Waals surface area contributed by atoms with E-state index in [1.807, 2.05) is 24.5 Å². The molecule has 0 aromatic carbocycles. The molecule has 0 unspecified atom stereocenters. The molecule has 2 rings (SSSR count). The van der Waals surface area contributed by atoms with Crippen LogP contribution in [0.1, 0.15) is 25.2 Å². The van der Waals surface area contributed by atoms with E-state index in [1.54, 1.807) is 13.3 Å². The van der Waals surface area contributed by atoms with Crippen molar-refractivity contribution < 1.29 is 4.74 Å². The van der Waals surface area contributed by atoms with E-state index in [1.165, 1.54) is 0 Å². The Morgan fingerprint density at radius 3 is 2.90 bits per heavy atom. The summed E-state index contributed by atoms with van der Waals surface area (Å²) in [6, 6.07) is 3.95. The van der Waals surface area contributed by atoms with E-state index in [0.717, 1.165) is 31.0 Å². The van der Waals surface area contributed by atoms with Crippen LogP contribution in [0.15, 0.2) is 30.7 Å². The van der Waals surface area contributed by atoms with Crippen LogP contribution in [0.3, 0.4) is 0 Å². The molecule has 0 fully saturated rings. The molecule has 2 aromatic heterocycles. The van der Waals surface area contributed by atoms with Gasteiger partial charge in [0.05, 0.1) is 20.2 Å². The van der Waals surface area contributed by atoms with E-state index in [4.69, 9.17) is 4.74 Å². The van der Waals surface area contributed by atoms with Crippen LogP contribution < -0.4 is 10.1 Å². The number of rotatable bonds is 7. The fourth-order valence-electron chi connectivity index (χ4n) is 2.04. The van der Waals surface area contributed by atoms with Crippen LogP contribution in [0.2, 0.25) is 0 Å². The van der Waals surface area contributed by atoms with E-state index < -0.39 is 0 Å². The minimum atomic E-state index is 0.636. The van der Waals surface area contributed by atoms with Crippen molar-refractivity contribution in [1.29, 1.82) is 0 Å². The molecular weight excluding hydrogens is 252 g/mol. The lowest BCUT2D eigenvalue weighted by Crippen LogP contribution is -2.21. The van der Waals surface area contributed by atoms with Crippen LogP contribution in [0.25, 0.3) is 0 Å². The number of ether oxygens (including phenoxy) is 1. The van der Waals surface area contributed by atoms with Crippen LogP contribution in [0, 0.1) is 5.92 Å². The van der Waals surface area contributed by atoms with Gasteiger partial charge in [-0.15, -0.1) is 0 Å². The first kappa shape index (κ1) is 14.5. The van der Waals surface area contributed by atoms with Crippen molar-refractivity contribution in [2.45, 2.75) is 26.9 Å². The van der Waals surface area contributed by atoms with Gasteiger partial charge in [-0.2, -0.15) is 0 Å². The highest BCUT2D eigenvalue weighted by Crippen LogP contribution is 2.15. The SMILES string of the molecule is COc1ncccc1Cn1ccnc1CNCC(C)C. The van der Waals surface area contributed by atoms with E-state index in [-0.39, 0.29) is 0 Å². The molecule has 0 aliphatic rings. The van der Waals surface area contributed by atoms with Gasteiger partial charge in [0, 0.05) is 24.2 Å². The van der Waals surface area contributed by atoms with Gasteiger partial charge < -0.3 is 14.6 Å². The Balaban J connectivity index is 2.04. The number of hydrogen-bond donors (Lipinski definition) is 1. The third kappa shape index (κ3) is 3.81. The number of imidazole rings is 1. The highest BCUT2D eigenvalue weighted by molar-refractivity contribution is 5.25. The Morgan fingerprint density at radius 2 is 2.15 bits per heavy atom. The summed E-state index contributed by atoms with van der Waals surface area (Å²) in [6.45, 7) is 6.87. The summed E-state index contributed by atoms with van der Waals surface area (Å²) in [7, 11) is 1.64. The lowest BCUT2D eigenvalue weighted by molar-refractivity contribution is 0.390. The second-order valence-electron chi connectivity index (χ2n) is 5.17. The van der Waals surface area contributed by atoms with E-state index >= 15 is 0 Å². The summed E-state index contributed by atoms with van der Waals surface area (Å²) in [5.74, 6) is 2.33. The van der Waals surface area contributed by atoms with Gasteiger partial charge in [0.15, 0.2) is 0 Å². The van der Waals surface area contributed by atoms with Gasteiger partial charge in [-0.1, -0.05) is 19.9 Å². The molecule has 0 bridgehead atoms. The van der Waals surface area contributed by atoms with E-state index in [0.29, 0.717) is 11.8 Å². The molecular formula is C15H22N4O. The molecule has 0 amide bonds. The van der Waals surface area contributed by atoms with Crippen LogP contribution in [0.4, 0.5) is 0 Å². The molecule has 20 heavy (non-hydrogen) atoms. The Kier molecular flexibility index (Phi) is 5.12. The lowest BCUT2D eigenvalue weighted by Gasteiger charge is -2.11. The Bertz CT molecular complexity index is 536. The zero-order valence-electron chi connectivity index (χ0n) is 12.3. The minimum Gasteiger partial charge on any atom is -0.481 e. The van der Waals surface area contributed by atoms with Gasteiger partial charge in [-0.25, -0.2) is 9.97 Å². The van der Waals surface area contributed by atoms with Crippen LogP contribution in [-0.2, 0) is 13.1 Å². The molecule has 5 heteroatoms. The molecule has 2 aromatic rings. The zero-order valence-corrected chi connectivity index (χ0v) is 12.3. The first-order valence-electron chi connectivity index (χ1n) is 6.89. The molecule has 2 heterocycles. The fourth-order valence-corrected chi connectivity index (χ4v) is 2.04. The molecule has 0 aliphatic heterocycles. The molecule has 5 nitrogen and oxygen atoms in total. The summed E-state index contributed by atoms with van der Waals surface area (Å²) in [5, 5.41) is 3.41. The maximum absolute atomic E-state index is 5.29. The highest BCUT2D eigenvalue weighted by atomic mass is 16.5. The van der Waals surface area contributed by atoms with Gasteiger partial charge in [0.25, 0.3) is 0 Å². The van der Waals surface area contributed by atoms with E-state index in [9.17, 15) is 0 Å². The van der Waals surface area contributed by atoms with Gasteiger partial charge in [-0.3, -0.25) is 0 Å². The second kappa shape index (κ2) is 7.05. The summed E-state index contributed by atoms with van der Waals surface area (Å²) in [4.78, 5) is 8.63. The molecule has 1 N–H and O–H groups in total. The molecule has 0 radical (unpaired) electrons. The maximum atomic E-state index is 5.29. The number of nitrogens with one attached hydrogen (secondary N) is 1. The molecule has 0 atom stereocenters. The normalized spacial score (nSPS) is 11.0. The smallest absolute Gasteiger partial charge is 0.218 e. The van der Waals surface area contributed by atoms with Gasteiger partial charge in [0.2, 0.25) is 5.88 Å². The first-order valence-corrected chi connectivity index (χ1v) is 6.89. The predicted molar refractivity (Wildman–Crippen MR) is 78.7 cm³/mol. The molecule has 0 spiro atoms. The number of aromatic nitrogens is 3. The Labute approximate surface area is 120 Å². The van der Waals surface area contributed by atoms with Crippen molar-refractivity contribution in [1.82, 2.24) is 19.9 Å². The third-order valence-corrected chi connectivity index (χ3v) is 3.02. The second-order valence-corrected chi connectivity index (χ2v) is 5.17. The summed E-state index contributed by atoms with van der Waals surface area (Å²) in [5.41, 5.74) is 1.05. The highest BCUT2D eigenvalue weighted by Gasteiger charge is 2.08. The van der Waals surface area contributed by atoms with Crippen molar-refractivity contribution >= 4 is 0 Å². The third-order valence-electron chi connectivity index (χ3n) is 3.02. The topological polar surface area (TPSA) is 52.0 Å². The predicted octanol–water partition coefficient (Wildman–Crippen LogP) is 2.08. The van der Waals surface area contributed by atoms with Crippen molar-refractivity contribution in [3.8, 4) is 5.88 Å². The van der Waals surface area contributed by atoms with Crippen molar-refractivity contribution in [2.24, 2.45) is 5.92 Å². The summed E-state index contributed by atoms with van der Waals surface area (Å²) < 4.78 is 7.40. The van der Waals surface area contributed by atoms with Gasteiger partial charge >= 0.3 is 0 Å². The van der Waals surface area contributed by atoms with Gasteiger partial charge in [-0.05, 0) is 18.5 Å². The first-order chi connectivity index (χ1) is 9.70. The number of pyridine rings is 1. The average molecular weight is 274 g/mol. The number of nitrogens with zero attached hydrogens (tertiary/aromatic N) is 3. The van der Waals surface area contributed by atoms with E-state index in [2.05, 4.69) is 33.7 Å². The van der Waals surface area contributed by atoms with Crippen LogP contribution in [-0.4, -0.2) is 28.2 Å². The van der Waals surface area contributed by atoms with Crippen LogP contribution in [0.5, 0.6) is 5.88 Å². The summed E-state index contributed by atoms with van der Waals surface area (Å²) >= 11 is 0. The van der Waals surface area contributed by atoms with Crippen molar-refractivity contribution in [3.05, 3.63) is 42.1 Å². The van der Waals surface area contributed by atoms with Gasteiger partial charge in [0.1, 0.15) is 5.82 Å². The Hall–Kier alpha value is -1.88. The zero-order chi connectivity index (χ0) is 14.4. The van der Waals surface area contributed by atoms with Crippen molar-refractivity contribution in [2.75, 3.05) is 13.7 Å². The molecule has 0 aliphatic carbocycles. The largest absolute Gasteiger partial charge is 0.481 e. The Morgan fingerprint density at radius 1 is 1.30 bits per heavy atom. The number of methoxy groups -OCH3 is 1. The summed E-state index contributed by atoms with van der Waals surface area (Å²) in [6.07, 6.45) is 5.55. The monoisotopic (exact) mass is 274 g/mol. The fraction of sp³-hybridized carbons (Fsp3) is 0.467. The van der Waals surface area contributed by atoms with Crippen molar-refractivity contribution in [3.63, 3.8) is 0 Å².